The van der Waals surface area contributed by atoms with Crippen molar-refractivity contribution in [3.8, 4) is 0 Å². The quantitative estimate of drug-likeness (QED) is 0.729. The van der Waals surface area contributed by atoms with Crippen molar-refractivity contribution < 1.29 is 9.84 Å². The van der Waals surface area contributed by atoms with Crippen LogP contribution in [0.5, 0.6) is 0 Å². The molecule has 0 atom stereocenters. The highest BCUT2D eigenvalue weighted by molar-refractivity contribution is 4.78. The summed E-state index contributed by atoms with van der Waals surface area (Å²) < 4.78 is 5.64. The molecular weight excluding hydrogens is 164 g/mol. The van der Waals surface area contributed by atoms with Gasteiger partial charge in [-0.3, -0.25) is 0 Å². The molecule has 0 amide bonds. The summed E-state index contributed by atoms with van der Waals surface area (Å²) >= 11 is 0. The van der Waals surface area contributed by atoms with Crippen molar-refractivity contribution >= 4 is 0 Å². The van der Waals surface area contributed by atoms with E-state index in [9.17, 15) is 0 Å². The lowest BCUT2D eigenvalue weighted by molar-refractivity contribution is -0.0203. The molecule has 0 heterocycles. The largest absolute Gasteiger partial charge is 0.396 e. The van der Waals surface area contributed by atoms with Crippen molar-refractivity contribution in [3.05, 3.63) is 0 Å². The zero-order chi connectivity index (χ0) is 9.90. The predicted octanol–water partition coefficient (Wildman–Crippen LogP) is 2.21. The second kappa shape index (κ2) is 4.43. The molecule has 0 aromatic rings. The maximum atomic E-state index is 8.83. The van der Waals surface area contributed by atoms with Gasteiger partial charge < -0.3 is 9.84 Å². The van der Waals surface area contributed by atoms with Crippen LogP contribution in [0.25, 0.3) is 0 Å². The van der Waals surface area contributed by atoms with E-state index in [1.807, 2.05) is 0 Å². The van der Waals surface area contributed by atoms with E-state index in [4.69, 9.17) is 9.84 Å². The molecule has 2 nitrogen and oxygen atoms in total. The zero-order valence-electron chi connectivity index (χ0n) is 9.05. The maximum Gasteiger partial charge on any atom is 0.0598 e. The van der Waals surface area contributed by atoms with Gasteiger partial charge in [-0.1, -0.05) is 0 Å². The summed E-state index contributed by atoms with van der Waals surface area (Å²) in [6.45, 7) is 7.50. The van der Waals surface area contributed by atoms with Gasteiger partial charge >= 0.3 is 0 Å². The fourth-order valence-electron chi connectivity index (χ4n) is 1.79. The van der Waals surface area contributed by atoms with E-state index in [2.05, 4.69) is 20.8 Å². The number of hydrogen-bond acceptors (Lipinski definition) is 2. The minimum absolute atomic E-state index is 0.000126. The van der Waals surface area contributed by atoms with E-state index < -0.39 is 0 Å². The normalized spacial score (nSPS) is 28.6. The standard InChI is InChI=1S/C11H22O2/c1-11(2,3)13-5-4-9-6-10(7-9)8-12/h9-10,12H,4-8H2,1-3H3. The highest BCUT2D eigenvalue weighted by Gasteiger charge is 2.28. The topological polar surface area (TPSA) is 29.5 Å². The van der Waals surface area contributed by atoms with Crippen LogP contribution in [0.3, 0.4) is 0 Å². The van der Waals surface area contributed by atoms with Crippen LogP contribution in [0.1, 0.15) is 40.0 Å². The highest BCUT2D eigenvalue weighted by Crippen LogP contribution is 2.35. The molecule has 1 aliphatic rings. The lowest BCUT2D eigenvalue weighted by Crippen LogP contribution is -2.29. The predicted molar refractivity (Wildman–Crippen MR) is 53.6 cm³/mol. The summed E-state index contributed by atoms with van der Waals surface area (Å²) in [5, 5.41) is 8.83. The molecular formula is C11H22O2. The van der Waals surface area contributed by atoms with Crippen LogP contribution in [0.4, 0.5) is 0 Å². The zero-order valence-corrected chi connectivity index (χ0v) is 9.05. The molecule has 78 valence electrons. The third-order valence-corrected chi connectivity index (χ3v) is 2.65. The van der Waals surface area contributed by atoms with Gasteiger partial charge in [-0.15, -0.1) is 0 Å². The van der Waals surface area contributed by atoms with Gasteiger partial charge in [0, 0.05) is 13.2 Å². The Kier molecular flexibility index (Phi) is 3.74. The van der Waals surface area contributed by atoms with Crippen molar-refractivity contribution in [1.29, 1.82) is 0 Å². The van der Waals surface area contributed by atoms with Crippen LogP contribution in [0.15, 0.2) is 0 Å². The van der Waals surface area contributed by atoms with Gasteiger partial charge in [0.15, 0.2) is 0 Å². The molecule has 1 saturated carbocycles. The van der Waals surface area contributed by atoms with Gasteiger partial charge in [0.1, 0.15) is 0 Å². The second-order valence-electron chi connectivity index (χ2n) is 5.14. The van der Waals surface area contributed by atoms with Crippen molar-refractivity contribution in [2.24, 2.45) is 11.8 Å². The summed E-state index contributed by atoms with van der Waals surface area (Å²) in [6.07, 6.45) is 3.56. The third-order valence-electron chi connectivity index (χ3n) is 2.65. The Morgan fingerprint density at radius 1 is 1.23 bits per heavy atom. The van der Waals surface area contributed by atoms with Crippen LogP contribution >= 0.6 is 0 Å². The lowest BCUT2D eigenvalue weighted by Gasteiger charge is -2.34. The fourth-order valence-corrected chi connectivity index (χ4v) is 1.79. The van der Waals surface area contributed by atoms with Crippen LogP contribution < -0.4 is 0 Å². The molecule has 0 aromatic carbocycles. The average Bonchev–Trinajstić information content (AvgIpc) is 1.91. The SMILES string of the molecule is CC(C)(C)OCCC1CC(CO)C1. The van der Waals surface area contributed by atoms with Crippen LogP contribution in [0, 0.1) is 11.8 Å². The number of aliphatic hydroxyl groups is 1. The van der Waals surface area contributed by atoms with Gasteiger partial charge in [-0.05, 0) is 51.9 Å². The molecule has 0 spiro atoms. The second-order valence-corrected chi connectivity index (χ2v) is 5.14. The van der Waals surface area contributed by atoms with Crippen molar-refractivity contribution in [2.45, 2.75) is 45.6 Å². The number of rotatable bonds is 4. The number of ether oxygens (including phenoxy) is 1. The monoisotopic (exact) mass is 186 g/mol. The summed E-state index contributed by atoms with van der Waals surface area (Å²) in [7, 11) is 0. The Hall–Kier alpha value is -0.0800. The molecule has 0 aromatic heterocycles. The average molecular weight is 186 g/mol. The Morgan fingerprint density at radius 2 is 1.85 bits per heavy atom. The molecule has 0 saturated heterocycles. The van der Waals surface area contributed by atoms with Crippen molar-refractivity contribution in [3.63, 3.8) is 0 Å². The van der Waals surface area contributed by atoms with E-state index >= 15 is 0 Å². The minimum atomic E-state index is 0.000126. The summed E-state index contributed by atoms with van der Waals surface area (Å²) in [5.41, 5.74) is 0.000126. The van der Waals surface area contributed by atoms with E-state index in [1.54, 1.807) is 0 Å². The number of aliphatic hydroxyl groups excluding tert-OH is 1. The van der Waals surface area contributed by atoms with Gasteiger partial charge in [-0.25, -0.2) is 0 Å². The highest BCUT2D eigenvalue weighted by atomic mass is 16.5. The lowest BCUT2D eigenvalue weighted by atomic mass is 9.74. The first-order valence-electron chi connectivity index (χ1n) is 5.26. The smallest absolute Gasteiger partial charge is 0.0598 e. The summed E-state index contributed by atoms with van der Waals surface area (Å²) in [6, 6.07) is 0. The molecule has 0 bridgehead atoms. The molecule has 2 heteroatoms. The van der Waals surface area contributed by atoms with E-state index in [-0.39, 0.29) is 5.60 Å². The van der Waals surface area contributed by atoms with E-state index in [1.165, 1.54) is 12.8 Å². The molecule has 0 radical (unpaired) electrons. The van der Waals surface area contributed by atoms with E-state index in [0.717, 1.165) is 18.9 Å². The van der Waals surface area contributed by atoms with Crippen molar-refractivity contribution in [2.75, 3.05) is 13.2 Å². The Morgan fingerprint density at radius 3 is 2.31 bits per heavy atom. The van der Waals surface area contributed by atoms with Gasteiger partial charge in [-0.2, -0.15) is 0 Å². The first kappa shape index (κ1) is 11.0. The Bertz CT molecular complexity index is 143. The molecule has 1 N–H and O–H groups in total. The maximum absolute atomic E-state index is 8.83. The van der Waals surface area contributed by atoms with Crippen LogP contribution in [0.2, 0.25) is 0 Å². The third kappa shape index (κ3) is 4.10. The Balaban J connectivity index is 1.97. The van der Waals surface area contributed by atoms with Gasteiger partial charge in [0.25, 0.3) is 0 Å². The van der Waals surface area contributed by atoms with E-state index in [0.29, 0.717) is 12.5 Å². The molecule has 0 unspecified atom stereocenters. The minimum Gasteiger partial charge on any atom is -0.396 e. The van der Waals surface area contributed by atoms with Gasteiger partial charge in [0.2, 0.25) is 0 Å². The van der Waals surface area contributed by atoms with Crippen LogP contribution in [-0.2, 0) is 4.74 Å². The summed E-state index contributed by atoms with van der Waals surface area (Å²) in [5.74, 6) is 1.39. The summed E-state index contributed by atoms with van der Waals surface area (Å²) in [4.78, 5) is 0. The first-order valence-corrected chi connectivity index (χ1v) is 5.26. The van der Waals surface area contributed by atoms with Gasteiger partial charge in [0.05, 0.1) is 5.60 Å². The molecule has 1 rings (SSSR count). The molecule has 13 heavy (non-hydrogen) atoms. The van der Waals surface area contributed by atoms with Crippen molar-refractivity contribution in [1.82, 2.24) is 0 Å². The fraction of sp³-hybridized carbons (Fsp3) is 1.00. The first-order chi connectivity index (χ1) is 6.01. The molecule has 1 fully saturated rings. The Labute approximate surface area is 81.3 Å². The van der Waals surface area contributed by atoms with Crippen LogP contribution in [-0.4, -0.2) is 23.9 Å². The molecule has 1 aliphatic carbocycles. The number of hydrogen-bond donors (Lipinski definition) is 1. The molecule has 0 aliphatic heterocycles.